The third kappa shape index (κ3) is 6.94. The highest BCUT2D eigenvalue weighted by molar-refractivity contribution is 9.10. The molecule has 4 aromatic carbocycles. The van der Waals surface area contributed by atoms with Gasteiger partial charge < -0.3 is 24.4 Å². The molecule has 0 unspecified atom stereocenters. The van der Waals surface area contributed by atoms with Crippen LogP contribution in [-0.4, -0.2) is 73.9 Å². The number of aliphatic hydroxyl groups excluding tert-OH is 1. The van der Waals surface area contributed by atoms with Crippen LogP contribution in [0.25, 0.3) is 0 Å². The molecule has 2 fully saturated rings. The fourth-order valence-corrected chi connectivity index (χ4v) is 14.2. The van der Waals surface area contributed by atoms with Crippen LogP contribution in [0.2, 0.25) is 18.6 Å². The Bertz CT molecular complexity index is 2200. The maximum atomic E-state index is 15.3. The number of hydrogen-bond acceptors (Lipinski definition) is 7. The van der Waals surface area contributed by atoms with Crippen molar-refractivity contribution >= 4 is 64.0 Å². The monoisotopic (exact) mass is 848 g/mol. The van der Waals surface area contributed by atoms with E-state index in [1.807, 2.05) is 89.8 Å². The molecule has 8 rings (SSSR count). The first-order valence-electron chi connectivity index (χ1n) is 19.9. The van der Waals surface area contributed by atoms with Gasteiger partial charge in [0.25, 0.3) is 5.91 Å². The number of fused-ring (bicyclic) bond motifs is 2. The molecular weight excluding hydrogens is 801 g/mol. The van der Waals surface area contributed by atoms with Crippen LogP contribution in [0.1, 0.15) is 55.7 Å². The smallest absolute Gasteiger partial charge is 0.264 e. The average molecular weight is 850 g/mol. The van der Waals surface area contributed by atoms with Crippen molar-refractivity contribution in [1.82, 2.24) is 4.90 Å². The summed E-state index contributed by atoms with van der Waals surface area (Å²) in [5.41, 5.74) is 3.56. The molecule has 2 saturated heterocycles. The second-order valence-corrected chi connectivity index (χ2v) is 21.9. The first-order chi connectivity index (χ1) is 27.5. The second kappa shape index (κ2) is 15.6. The van der Waals surface area contributed by atoms with Crippen LogP contribution in [0.4, 0.5) is 11.4 Å². The number of rotatable bonds is 10. The Labute approximate surface area is 343 Å². The number of carbonyl (C=O) groups excluding carboxylic acids is 3. The second-order valence-electron chi connectivity index (χ2n) is 16.3. The largest absolute Gasteiger partial charge is 0.497 e. The van der Waals surface area contributed by atoms with E-state index in [1.54, 1.807) is 12.0 Å². The van der Waals surface area contributed by atoms with E-state index in [0.717, 1.165) is 51.2 Å². The number of benzene rings is 4. The van der Waals surface area contributed by atoms with Gasteiger partial charge in [-0.25, -0.2) is 5.01 Å². The molecule has 10 nitrogen and oxygen atoms in total. The molecule has 0 radical (unpaired) electrons. The van der Waals surface area contributed by atoms with E-state index in [2.05, 4.69) is 48.1 Å². The van der Waals surface area contributed by atoms with Gasteiger partial charge in [-0.1, -0.05) is 95.7 Å². The summed E-state index contributed by atoms with van der Waals surface area (Å²) in [6.07, 6.45) is 2.18. The van der Waals surface area contributed by atoms with Gasteiger partial charge in [-0.3, -0.25) is 14.4 Å². The Kier molecular flexibility index (Phi) is 10.7. The highest BCUT2D eigenvalue weighted by Gasteiger charge is 2.66. The third-order valence-corrected chi connectivity index (χ3v) is 17.6. The molecule has 0 saturated carbocycles. The predicted molar refractivity (Wildman–Crippen MR) is 227 cm³/mol. The molecule has 57 heavy (non-hydrogen) atoms. The molecule has 0 bridgehead atoms. The molecule has 0 aromatic heterocycles. The number of amides is 3. The van der Waals surface area contributed by atoms with Gasteiger partial charge in [0.1, 0.15) is 5.75 Å². The number of halogens is 1. The molecule has 4 aliphatic rings. The minimum atomic E-state index is -2.48. The summed E-state index contributed by atoms with van der Waals surface area (Å²) >= 11 is 3.70. The fraction of sp³-hybridized carbons (Fsp3) is 0.378. The van der Waals surface area contributed by atoms with E-state index in [9.17, 15) is 14.7 Å². The minimum absolute atomic E-state index is 0.0467. The van der Waals surface area contributed by atoms with Crippen LogP contribution in [0, 0.1) is 5.92 Å². The van der Waals surface area contributed by atoms with Crippen molar-refractivity contribution in [2.75, 3.05) is 30.2 Å². The number of hydrogen-bond donors (Lipinski definition) is 1. The average Bonchev–Trinajstić information content (AvgIpc) is 3.89. The number of nitrogens with zero attached hydrogens (tertiary/aromatic N) is 4. The molecule has 3 amide bonds. The van der Waals surface area contributed by atoms with Crippen LogP contribution >= 0.6 is 15.9 Å². The molecule has 12 heteroatoms. The van der Waals surface area contributed by atoms with Crippen LogP contribution < -0.4 is 19.8 Å². The zero-order valence-corrected chi connectivity index (χ0v) is 35.4. The Hall–Kier alpha value is -4.62. The molecule has 4 aliphatic heterocycles. The molecule has 0 aliphatic carbocycles. The maximum Gasteiger partial charge on any atom is 0.264 e. The first-order valence-corrected chi connectivity index (χ1v) is 23.7. The highest BCUT2D eigenvalue weighted by atomic mass is 79.9. The summed E-state index contributed by atoms with van der Waals surface area (Å²) in [6.45, 7) is 7.57. The van der Waals surface area contributed by atoms with Crippen molar-refractivity contribution in [3.05, 3.63) is 118 Å². The van der Waals surface area contributed by atoms with Crippen molar-refractivity contribution in [3.8, 4) is 5.75 Å². The lowest BCUT2D eigenvalue weighted by molar-refractivity contribution is -0.150. The Balaban J connectivity index is 1.13. The molecule has 1 N–H and O–H groups in total. The predicted octanol–water partition coefficient (Wildman–Crippen LogP) is 7.13. The highest BCUT2D eigenvalue weighted by Crippen LogP contribution is 2.60. The van der Waals surface area contributed by atoms with Gasteiger partial charge in [-0.05, 0) is 72.0 Å². The van der Waals surface area contributed by atoms with Crippen molar-refractivity contribution < 1.29 is 29.0 Å². The number of hydrazone groups is 1. The first kappa shape index (κ1) is 39.2. The zero-order valence-electron chi connectivity index (χ0n) is 32.9. The number of ether oxygens (including phenoxy) is 2. The minimum Gasteiger partial charge on any atom is -0.497 e. The van der Waals surface area contributed by atoms with Crippen LogP contribution in [0.5, 0.6) is 5.75 Å². The Morgan fingerprint density at radius 1 is 1.00 bits per heavy atom. The van der Waals surface area contributed by atoms with Crippen LogP contribution in [0.3, 0.4) is 0 Å². The topological polar surface area (TPSA) is 112 Å². The molecule has 1 spiro atoms. The summed E-state index contributed by atoms with van der Waals surface area (Å²) in [7, 11) is -0.821. The summed E-state index contributed by atoms with van der Waals surface area (Å²) in [4.78, 5) is 46.1. The Morgan fingerprint density at radius 3 is 2.44 bits per heavy atom. The van der Waals surface area contributed by atoms with Gasteiger partial charge in [-0.2, -0.15) is 5.10 Å². The van der Waals surface area contributed by atoms with Crippen molar-refractivity contribution in [2.24, 2.45) is 11.0 Å². The maximum absolute atomic E-state index is 15.3. The summed E-state index contributed by atoms with van der Waals surface area (Å²) in [5.74, 6) is 0.235. The van der Waals surface area contributed by atoms with Gasteiger partial charge in [-0.15, -0.1) is 0 Å². The van der Waals surface area contributed by atoms with Crippen molar-refractivity contribution in [2.45, 2.75) is 82.0 Å². The summed E-state index contributed by atoms with van der Waals surface area (Å²) in [6, 6.07) is 31.5. The van der Waals surface area contributed by atoms with E-state index in [0.29, 0.717) is 25.1 Å². The van der Waals surface area contributed by atoms with E-state index in [1.165, 1.54) is 10.2 Å². The molecular formula is C45H49BrN4O6Si. The Morgan fingerprint density at radius 2 is 1.74 bits per heavy atom. The third-order valence-electron chi connectivity index (χ3n) is 12.7. The van der Waals surface area contributed by atoms with E-state index in [4.69, 9.17) is 14.6 Å². The number of anilines is 2. The van der Waals surface area contributed by atoms with E-state index in [-0.39, 0.29) is 54.8 Å². The normalized spacial score (nSPS) is 24.7. The van der Waals surface area contributed by atoms with Gasteiger partial charge >= 0.3 is 0 Å². The van der Waals surface area contributed by atoms with Crippen molar-refractivity contribution in [1.29, 1.82) is 0 Å². The fourth-order valence-electron chi connectivity index (χ4n) is 9.80. The number of methoxy groups -OCH3 is 1. The van der Waals surface area contributed by atoms with Gasteiger partial charge in [0, 0.05) is 35.3 Å². The quantitative estimate of drug-likeness (QED) is 0.170. The molecule has 296 valence electrons. The summed E-state index contributed by atoms with van der Waals surface area (Å²) in [5, 5.41) is 17.5. The molecule has 4 heterocycles. The number of carbonyl (C=O) groups is 3. The molecule has 5 atom stereocenters. The lowest BCUT2D eigenvalue weighted by Crippen LogP contribution is -2.52. The SMILES string of the molecule is COc1ccc([Si](C)(C)[C@@H]2[C@@H](CC(=O)N3CCC[C@H]3CO)O[C@]3(C(=O)N(Cc4ccc(N5N=C(c6ccccc6)CCC5=O)cc4)c4ccc(Br)cc43)[C@H]2C)cc1. The summed E-state index contributed by atoms with van der Waals surface area (Å²) < 4.78 is 13.6. The number of aliphatic hydroxyl groups is 1. The van der Waals surface area contributed by atoms with Gasteiger partial charge in [0.2, 0.25) is 11.8 Å². The van der Waals surface area contributed by atoms with E-state index >= 15 is 4.79 Å². The lowest BCUT2D eigenvalue weighted by atomic mass is 9.82. The zero-order chi connectivity index (χ0) is 40.1. The van der Waals surface area contributed by atoms with Gasteiger partial charge in [0.15, 0.2) is 5.60 Å². The molecule has 4 aromatic rings. The van der Waals surface area contributed by atoms with Gasteiger partial charge in [0.05, 0.1) is 64.0 Å². The lowest BCUT2D eigenvalue weighted by Gasteiger charge is -2.37. The van der Waals surface area contributed by atoms with Crippen LogP contribution in [-0.2, 0) is 31.3 Å². The van der Waals surface area contributed by atoms with Crippen molar-refractivity contribution in [3.63, 3.8) is 0 Å². The van der Waals surface area contributed by atoms with E-state index < -0.39 is 19.8 Å². The van der Waals surface area contributed by atoms with Crippen LogP contribution in [0.15, 0.2) is 107 Å². The number of likely N-dealkylation sites (tertiary alicyclic amines) is 1. The standard InChI is InChI=1S/C45H49BrN4O6Si/c1-29-43(57(3,4)36-19-17-35(55-2)18-20-36)40(26-42(53)48-24-8-11-34(48)28-51)56-45(29)37-25-32(46)14-22-39(37)49(44(45)54)27-30-12-15-33(16-13-30)50-41(52)23-21-38(47-50)31-9-6-5-7-10-31/h5-7,9-10,12-20,22,25,29,34,40,43,51H,8,11,21,23-24,26-28H2,1-4H3/t29-,34-,40+,43-,45+/m0/s1.